The molecule has 0 amide bonds. The van der Waals surface area contributed by atoms with Crippen molar-refractivity contribution in [2.75, 3.05) is 6.54 Å². The highest BCUT2D eigenvalue weighted by Crippen LogP contribution is 2.15. The van der Waals surface area contributed by atoms with Gasteiger partial charge in [-0.3, -0.25) is 0 Å². The molecule has 0 bridgehead atoms. The molecule has 0 heterocycles. The Labute approximate surface area is 112 Å². The Balaban J connectivity index is 2.34. The van der Waals surface area contributed by atoms with Crippen LogP contribution in [0.2, 0.25) is 5.02 Å². The standard InChI is InChI=1S/C12H16ClFN2S/c1-2-3-6-15-12(17)16-8-9-4-5-11(14)10(13)7-9/h4-5,7H,2-3,6,8H2,1H3,(H2,15,16,17). The molecule has 0 aliphatic heterocycles. The predicted octanol–water partition coefficient (Wildman–Crippen LogP) is 3.24. The molecule has 0 fully saturated rings. The van der Waals surface area contributed by atoms with E-state index in [1.165, 1.54) is 6.07 Å². The normalized spacial score (nSPS) is 10.1. The number of rotatable bonds is 5. The van der Waals surface area contributed by atoms with Crippen LogP contribution in [0.25, 0.3) is 0 Å². The first-order valence-electron chi connectivity index (χ1n) is 5.59. The van der Waals surface area contributed by atoms with E-state index in [4.69, 9.17) is 23.8 Å². The second kappa shape index (κ2) is 7.45. The van der Waals surface area contributed by atoms with E-state index in [0.29, 0.717) is 11.7 Å². The molecule has 2 nitrogen and oxygen atoms in total. The Morgan fingerprint density at radius 2 is 2.18 bits per heavy atom. The Morgan fingerprint density at radius 1 is 1.41 bits per heavy atom. The molecule has 0 radical (unpaired) electrons. The fraction of sp³-hybridized carbons (Fsp3) is 0.417. The highest BCUT2D eigenvalue weighted by Gasteiger charge is 2.01. The average molecular weight is 275 g/mol. The van der Waals surface area contributed by atoms with Crippen molar-refractivity contribution in [3.63, 3.8) is 0 Å². The van der Waals surface area contributed by atoms with Gasteiger partial charge in [-0.15, -0.1) is 0 Å². The minimum atomic E-state index is -0.404. The summed E-state index contributed by atoms with van der Waals surface area (Å²) in [6.45, 7) is 3.53. The van der Waals surface area contributed by atoms with Gasteiger partial charge in [0.05, 0.1) is 5.02 Å². The van der Waals surface area contributed by atoms with Crippen LogP contribution in [0.4, 0.5) is 4.39 Å². The van der Waals surface area contributed by atoms with Crippen LogP contribution in [0.15, 0.2) is 18.2 Å². The smallest absolute Gasteiger partial charge is 0.166 e. The Bertz CT molecular complexity index is 385. The molecule has 0 aliphatic carbocycles. The van der Waals surface area contributed by atoms with Crippen LogP contribution >= 0.6 is 23.8 Å². The predicted molar refractivity (Wildman–Crippen MR) is 73.8 cm³/mol. The largest absolute Gasteiger partial charge is 0.363 e. The third kappa shape index (κ3) is 5.33. The summed E-state index contributed by atoms with van der Waals surface area (Å²) in [6, 6.07) is 4.63. The number of thiocarbonyl (C=S) groups is 1. The van der Waals surface area contributed by atoms with Crippen molar-refractivity contribution in [3.05, 3.63) is 34.6 Å². The number of hydrogen-bond acceptors (Lipinski definition) is 1. The van der Waals surface area contributed by atoms with Gasteiger partial charge in [-0.2, -0.15) is 0 Å². The molecule has 0 atom stereocenters. The van der Waals surface area contributed by atoms with Crippen molar-refractivity contribution in [2.24, 2.45) is 0 Å². The first kappa shape index (κ1) is 14.2. The maximum atomic E-state index is 12.9. The average Bonchev–Trinajstić information content (AvgIpc) is 2.31. The number of benzene rings is 1. The van der Waals surface area contributed by atoms with Crippen molar-refractivity contribution in [2.45, 2.75) is 26.3 Å². The Morgan fingerprint density at radius 3 is 2.82 bits per heavy atom. The molecule has 0 saturated heterocycles. The lowest BCUT2D eigenvalue weighted by Gasteiger charge is -2.10. The maximum absolute atomic E-state index is 12.9. The number of halogens is 2. The first-order chi connectivity index (χ1) is 8.13. The molecule has 0 saturated carbocycles. The van der Waals surface area contributed by atoms with E-state index in [9.17, 15) is 4.39 Å². The van der Waals surface area contributed by atoms with Crippen LogP contribution in [0.3, 0.4) is 0 Å². The van der Waals surface area contributed by atoms with Crippen LogP contribution in [-0.4, -0.2) is 11.7 Å². The lowest BCUT2D eigenvalue weighted by atomic mass is 10.2. The molecule has 1 aromatic carbocycles. The summed E-state index contributed by atoms with van der Waals surface area (Å²) >= 11 is 10.8. The number of unbranched alkanes of at least 4 members (excludes halogenated alkanes) is 1. The minimum Gasteiger partial charge on any atom is -0.363 e. The van der Waals surface area contributed by atoms with Gasteiger partial charge in [0.25, 0.3) is 0 Å². The third-order valence-electron chi connectivity index (χ3n) is 2.25. The van der Waals surface area contributed by atoms with Gasteiger partial charge in [0.1, 0.15) is 5.82 Å². The molecule has 0 unspecified atom stereocenters. The van der Waals surface area contributed by atoms with E-state index in [0.717, 1.165) is 24.9 Å². The molecule has 0 aliphatic rings. The van der Waals surface area contributed by atoms with Crippen LogP contribution in [-0.2, 0) is 6.54 Å². The van der Waals surface area contributed by atoms with Crippen molar-refractivity contribution >= 4 is 28.9 Å². The summed E-state index contributed by atoms with van der Waals surface area (Å²) in [5.74, 6) is -0.404. The number of hydrogen-bond donors (Lipinski definition) is 2. The molecule has 2 N–H and O–H groups in total. The topological polar surface area (TPSA) is 24.1 Å². The summed E-state index contributed by atoms with van der Waals surface area (Å²) in [6.07, 6.45) is 2.22. The van der Waals surface area contributed by atoms with E-state index < -0.39 is 5.82 Å². The zero-order valence-electron chi connectivity index (χ0n) is 9.72. The van der Waals surface area contributed by atoms with Gasteiger partial charge in [-0.25, -0.2) is 4.39 Å². The zero-order valence-corrected chi connectivity index (χ0v) is 11.3. The molecule has 1 rings (SSSR count). The van der Waals surface area contributed by atoms with Gasteiger partial charge in [0.15, 0.2) is 5.11 Å². The van der Waals surface area contributed by atoms with Gasteiger partial charge in [0.2, 0.25) is 0 Å². The Hall–Kier alpha value is -0.870. The zero-order chi connectivity index (χ0) is 12.7. The van der Waals surface area contributed by atoms with Gasteiger partial charge in [-0.1, -0.05) is 31.0 Å². The van der Waals surface area contributed by atoms with Gasteiger partial charge >= 0.3 is 0 Å². The first-order valence-corrected chi connectivity index (χ1v) is 6.37. The quantitative estimate of drug-likeness (QED) is 0.637. The van der Waals surface area contributed by atoms with Gasteiger partial charge in [0, 0.05) is 13.1 Å². The molecule has 1 aromatic rings. The monoisotopic (exact) mass is 274 g/mol. The van der Waals surface area contributed by atoms with E-state index >= 15 is 0 Å². The van der Waals surface area contributed by atoms with Crippen molar-refractivity contribution < 1.29 is 4.39 Å². The lowest BCUT2D eigenvalue weighted by molar-refractivity contribution is 0.627. The highest BCUT2D eigenvalue weighted by atomic mass is 35.5. The number of nitrogens with one attached hydrogen (secondary N) is 2. The SMILES string of the molecule is CCCCNC(=S)NCc1ccc(F)c(Cl)c1. The molecule has 5 heteroatoms. The summed E-state index contributed by atoms with van der Waals surface area (Å²) < 4.78 is 12.9. The van der Waals surface area contributed by atoms with Crippen LogP contribution in [0, 0.1) is 5.82 Å². The molecule has 0 aromatic heterocycles. The van der Waals surface area contributed by atoms with Gasteiger partial charge < -0.3 is 10.6 Å². The van der Waals surface area contributed by atoms with Crippen LogP contribution in [0.1, 0.15) is 25.3 Å². The van der Waals surface area contributed by atoms with Crippen LogP contribution in [0.5, 0.6) is 0 Å². The fourth-order valence-corrected chi connectivity index (χ4v) is 1.65. The maximum Gasteiger partial charge on any atom is 0.166 e. The summed E-state index contributed by atoms with van der Waals surface area (Å²) in [5.41, 5.74) is 0.899. The molecular weight excluding hydrogens is 259 g/mol. The van der Waals surface area contributed by atoms with Crippen molar-refractivity contribution in [1.29, 1.82) is 0 Å². The van der Waals surface area contributed by atoms with E-state index in [-0.39, 0.29) is 5.02 Å². The van der Waals surface area contributed by atoms with Crippen LogP contribution < -0.4 is 10.6 Å². The molecule has 94 valence electrons. The second-order valence-electron chi connectivity index (χ2n) is 3.71. The second-order valence-corrected chi connectivity index (χ2v) is 4.53. The summed E-state index contributed by atoms with van der Waals surface area (Å²) in [7, 11) is 0. The lowest BCUT2D eigenvalue weighted by Crippen LogP contribution is -2.35. The summed E-state index contributed by atoms with van der Waals surface area (Å²) in [5, 5.41) is 6.88. The molecule has 17 heavy (non-hydrogen) atoms. The van der Waals surface area contributed by atoms with E-state index in [2.05, 4.69) is 17.6 Å². The minimum absolute atomic E-state index is 0.133. The Kier molecular flexibility index (Phi) is 6.22. The van der Waals surface area contributed by atoms with Gasteiger partial charge in [-0.05, 0) is 36.3 Å². The molecular formula is C12H16ClFN2S. The fourth-order valence-electron chi connectivity index (χ4n) is 1.27. The molecule has 0 spiro atoms. The van der Waals surface area contributed by atoms with E-state index in [1.54, 1.807) is 12.1 Å². The van der Waals surface area contributed by atoms with Crippen molar-refractivity contribution in [1.82, 2.24) is 10.6 Å². The third-order valence-corrected chi connectivity index (χ3v) is 2.83. The highest BCUT2D eigenvalue weighted by molar-refractivity contribution is 7.80. The van der Waals surface area contributed by atoms with E-state index in [1.807, 2.05) is 0 Å². The summed E-state index contributed by atoms with van der Waals surface area (Å²) in [4.78, 5) is 0. The van der Waals surface area contributed by atoms with Crippen molar-refractivity contribution in [3.8, 4) is 0 Å².